The Morgan fingerprint density at radius 2 is 1.21 bits per heavy atom. The van der Waals surface area contributed by atoms with Crippen molar-refractivity contribution in [2.24, 2.45) is 23.3 Å². The molecule has 2 heteroatoms. The Labute approximate surface area is 88.4 Å². The number of nitrogens with two attached hydrogens (primary N) is 2. The van der Waals surface area contributed by atoms with Crippen LogP contribution in [0.2, 0.25) is 0 Å². The Morgan fingerprint density at radius 3 is 1.57 bits per heavy atom. The molecule has 0 bridgehead atoms. The summed E-state index contributed by atoms with van der Waals surface area (Å²) in [6.45, 7) is 1.72. The molecule has 0 saturated heterocycles. The highest BCUT2D eigenvalue weighted by atomic mass is 14.5. The van der Waals surface area contributed by atoms with Crippen molar-refractivity contribution in [1.82, 2.24) is 0 Å². The zero-order chi connectivity index (χ0) is 10.2. The average molecular weight is 198 g/mol. The third-order valence-corrected chi connectivity index (χ3v) is 3.62. The van der Waals surface area contributed by atoms with E-state index >= 15 is 0 Å². The van der Waals surface area contributed by atoms with Gasteiger partial charge >= 0.3 is 0 Å². The predicted molar refractivity (Wildman–Crippen MR) is 62.0 cm³/mol. The third-order valence-electron chi connectivity index (χ3n) is 3.62. The molecule has 2 nitrogen and oxygen atoms in total. The average Bonchev–Trinajstić information content (AvgIpc) is 2.24. The highest BCUT2D eigenvalue weighted by Gasteiger charge is 2.23. The van der Waals surface area contributed by atoms with Crippen LogP contribution >= 0.6 is 0 Å². The lowest BCUT2D eigenvalue weighted by molar-refractivity contribution is 0.207. The summed E-state index contributed by atoms with van der Waals surface area (Å²) < 4.78 is 0. The summed E-state index contributed by atoms with van der Waals surface area (Å²) in [6.07, 6.45) is 10.9. The number of hydrogen-bond acceptors (Lipinski definition) is 2. The quantitative estimate of drug-likeness (QED) is 0.688. The maximum Gasteiger partial charge on any atom is -0.00772 e. The van der Waals surface area contributed by atoms with E-state index in [1.165, 1.54) is 51.4 Å². The standard InChI is InChI=1S/C12H26N2/c13-9-3-7-11-5-1-2-6-12(11)8-4-10-14/h11-12H,1-10,13-14H2. The van der Waals surface area contributed by atoms with Crippen LogP contribution < -0.4 is 11.5 Å². The van der Waals surface area contributed by atoms with E-state index in [0.29, 0.717) is 0 Å². The first-order valence-corrected chi connectivity index (χ1v) is 6.28. The molecule has 1 aliphatic rings. The molecule has 84 valence electrons. The molecule has 0 aromatic carbocycles. The summed E-state index contributed by atoms with van der Waals surface area (Å²) in [7, 11) is 0. The van der Waals surface area contributed by atoms with Crippen LogP contribution in [-0.2, 0) is 0 Å². The molecule has 0 spiro atoms. The molecule has 1 rings (SSSR count). The van der Waals surface area contributed by atoms with Crippen LogP contribution in [0.1, 0.15) is 51.4 Å². The van der Waals surface area contributed by atoms with E-state index in [-0.39, 0.29) is 0 Å². The maximum absolute atomic E-state index is 5.57. The Morgan fingerprint density at radius 1 is 0.786 bits per heavy atom. The summed E-state index contributed by atoms with van der Waals surface area (Å²) in [5.74, 6) is 1.91. The Hall–Kier alpha value is -0.0800. The lowest BCUT2D eigenvalue weighted by Crippen LogP contribution is -2.21. The van der Waals surface area contributed by atoms with Gasteiger partial charge in [0.05, 0.1) is 0 Å². The van der Waals surface area contributed by atoms with Gasteiger partial charge in [-0.05, 0) is 50.6 Å². The summed E-state index contributed by atoms with van der Waals surface area (Å²) in [4.78, 5) is 0. The van der Waals surface area contributed by atoms with Crippen LogP contribution in [0, 0.1) is 11.8 Å². The second kappa shape index (κ2) is 7.24. The molecule has 2 unspecified atom stereocenters. The van der Waals surface area contributed by atoms with Crippen LogP contribution in [-0.4, -0.2) is 13.1 Å². The van der Waals surface area contributed by atoms with Crippen molar-refractivity contribution in [2.75, 3.05) is 13.1 Å². The molecule has 0 aromatic heterocycles. The molecule has 0 radical (unpaired) electrons. The lowest BCUT2D eigenvalue weighted by Gasteiger charge is -2.31. The first-order chi connectivity index (χ1) is 6.88. The molecule has 0 aromatic rings. The fourth-order valence-electron chi connectivity index (χ4n) is 2.80. The van der Waals surface area contributed by atoms with Crippen LogP contribution in [0.15, 0.2) is 0 Å². The predicted octanol–water partition coefficient (Wildman–Crippen LogP) is 2.27. The largest absolute Gasteiger partial charge is 0.330 e. The number of rotatable bonds is 6. The molecule has 1 saturated carbocycles. The van der Waals surface area contributed by atoms with E-state index in [4.69, 9.17) is 11.5 Å². The van der Waals surface area contributed by atoms with Crippen LogP contribution in [0.3, 0.4) is 0 Å². The van der Waals surface area contributed by atoms with E-state index in [0.717, 1.165) is 24.9 Å². The molecule has 2 atom stereocenters. The van der Waals surface area contributed by atoms with E-state index < -0.39 is 0 Å². The van der Waals surface area contributed by atoms with Gasteiger partial charge in [-0.3, -0.25) is 0 Å². The number of hydrogen-bond donors (Lipinski definition) is 2. The molecule has 1 aliphatic carbocycles. The minimum absolute atomic E-state index is 0.861. The summed E-state index contributed by atoms with van der Waals surface area (Å²) >= 11 is 0. The minimum atomic E-state index is 0.861. The van der Waals surface area contributed by atoms with Crippen LogP contribution in [0.25, 0.3) is 0 Å². The van der Waals surface area contributed by atoms with E-state index in [9.17, 15) is 0 Å². The normalized spacial score (nSPS) is 27.9. The molecule has 0 amide bonds. The van der Waals surface area contributed by atoms with Gasteiger partial charge in [-0.1, -0.05) is 25.7 Å². The molecule has 1 fully saturated rings. The summed E-state index contributed by atoms with van der Waals surface area (Å²) in [5, 5.41) is 0. The van der Waals surface area contributed by atoms with Crippen molar-refractivity contribution < 1.29 is 0 Å². The van der Waals surface area contributed by atoms with Crippen LogP contribution in [0.5, 0.6) is 0 Å². The van der Waals surface area contributed by atoms with Crippen molar-refractivity contribution >= 4 is 0 Å². The zero-order valence-corrected chi connectivity index (χ0v) is 9.38. The van der Waals surface area contributed by atoms with Gasteiger partial charge in [-0.2, -0.15) is 0 Å². The smallest absolute Gasteiger partial charge is 0.00772 e. The van der Waals surface area contributed by atoms with Crippen molar-refractivity contribution in [3.63, 3.8) is 0 Å². The van der Waals surface area contributed by atoms with Gasteiger partial charge in [-0.25, -0.2) is 0 Å². The van der Waals surface area contributed by atoms with Crippen molar-refractivity contribution in [2.45, 2.75) is 51.4 Å². The minimum Gasteiger partial charge on any atom is -0.330 e. The summed E-state index contributed by atoms with van der Waals surface area (Å²) in [6, 6.07) is 0. The van der Waals surface area contributed by atoms with E-state index in [2.05, 4.69) is 0 Å². The summed E-state index contributed by atoms with van der Waals surface area (Å²) in [5.41, 5.74) is 11.1. The first kappa shape index (κ1) is 12.0. The second-order valence-electron chi connectivity index (χ2n) is 4.67. The van der Waals surface area contributed by atoms with Crippen molar-refractivity contribution in [3.05, 3.63) is 0 Å². The fraction of sp³-hybridized carbons (Fsp3) is 1.00. The van der Waals surface area contributed by atoms with Gasteiger partial charge in [0, 0.05) is 0 Å². The monoisotopic (exact) mass is 198 g/mol. The highest BCUT2D eigenvalue weighted by molar-refractivity contribution is 4.75. The Bertz CT molecular complexity index is 120. The van der Waals surface area contributed by atoms with Gasteiger partial charge < -0.3 is 11.5 Å². The molecule has 0 aliphatic heterocycles. The SMILES string of the molecule is NCCCC1CCCCC1CCCN. The molecule has 14 heavy (non-hydrogen) atoms. The van der Waals surface area contributed by atoms with E-state index in [1.54, 1.807) is 0 Å². The third kappa shape index (κ3) is 3.97. The zero-order valence-electron chi connectivity index (χ0n) is 9.38. The van der Waals surface area contributed by atoms with Crippen molar-refractivity contribution in [1.29, 1.82) is 0 Å². The molecule has 0 heterocycles. The van der Waals surface area contributed by atoms with Gasteiger partial charge in [0.15, 0.2) is 0 Å². The second-order valence-corrected chi connectivity index (χ2v) is 4.67. The molecule has 4 N–H and O–H groups in total. The Kier molecular flexibility index (Phi) is 6.20. The highest BCUT2D eigenvalue weighted by Crippen LogP contribution is 2.35. The fourth-order valence-corrected chi connectivity index (χ4v) is 2.80. The molecular formula is C12H26N2. The maximum atomic E-state index is 5.57. The van der Waals surface area contributed by atoms with Crippen molar-refractivity contribution in [3.8, 4) is 0 Å². The Balaban J connectivity index is 2.26. The van der Waals surface area contributed by atoms with Gasteiger partial charge in [-0.15, -0.1) is 0 Å². The molecular weight excluding hydrogens is 172 g/mol. The van der Waals surface area contributed by atoms with Crippen LogP contribution in [0.4, 0.5) is 0 Å². The lowest BCUT2D eigenvalue weighted by atomic mass is 9.75. The topological polar surface area (TPSA) is 52.0 Å². The van der Waals surface area contributed by atoms with E-state index in [1.807, 2.05) is 0 Å². The first-order valence-electron chi connectivity index (χ1n) is 6.28. The van der Waals surface area contributed by atoms with Gasteiger partial charge in [0.1, 0.15) is 0 Å². The van der Waals surface area contributed by atoms with Gasteiger partial charge in [0.2, 0.25) is 0 Å². The van der Waals surface area contributed by atoms with Gasteiger partial charge in [0.25, 0.3) is 0 Å².